The summed E-state index contributed by atoms with van der Waals surface area (Å²) in [7, 11) is 0. The molecule has 0 radical (unpaired) electrons. The smallest absolute Gasteiger partial charge is 0.310 e. The molecule has 0 aromatic carbocycles. The first kappa shape index (κ1) is 16.9. The van der Waals surface area contributed by atoms with Crippen molar-refractivity contribution in [2.24, 2.45) is 5.92 Å². The molecule has 4 nitrogen and oxygen atoms in total. The predicted molar refractivity (Wildman–Crippen MR) is 87.5 cm³/mol. The van der Waals surface area contributed by atoms with Crippen LogP contribution in [0.3, 0.4) is 0 Å². The highest BCUT2D eigenvalue weighted by Crippen LogP contribution is 2.41. The molecule has 6 heteroatoms. The number of hydrogen-bond acceptors (Lipinski definition) is 4. The molecule has 0 spiro atoms. The lowest BCUT2D eigenvalue weighted by Crippen LogP contribution is -2.49. The summed E-state index contributed by atoms with van der Waals surface area (Å²) in [6.07, 6.45) is 0.385. The monoisotopic (exact) mass is 481 g/mol. The van der Waals surface area contributed by atoms with Crippen molar-refractivity contribution in [3.63, 3.8) is 0 Å². The number of nitrogens with zero attached hydrogens (tertiary/aromatic N) is 1. The van der Waals surface area contributed by atoms with Crippen molar-refractivity contribution in [3.8, 4) is 0 Å². The van der Waals surface area contributed by atoms with Crippen molar-refractivity contribution in [3.05, 3.63) is 0 Å². The van der Waals surface area contributed by atoms with Crippen LogP contribution in [-0.4, -0.2) is 42.3 Å². The Morgan fingerprint density at radius 1 is 1.39 bits per heavy atom. The number of halogens is 2. The average molecular weight is 481 g/mol. The quantitative estimate of drug-likeness (QED) is 0.381. The van der Waals surface area contributed by atoms with Crippen LogP contribution in [0.15, 0.2) is 0 Å². The van der Waals surface area contributed by atoms with Gasteiger partial charge < -0.3 is 9.94 Å². The second-order valence-corrected chi connectivity index (χ2v) is 7.67. The van der Waals surface area contributed by atoms with Crippen LogP contribution < -0.4 is 0 Å². The van der Waals surface area contributed by atoms with Crippen LogP contribution in [-0.2, 0) is 9.53 Å². The molecule has 0 amide bonds. The molecule has 1 fully saturated rings. The first-order valence-electron chi connectivity index (χ1n) is 5.98. The summed E-state index contributed by atoms with van der Waals surface area (Å²) >= 11 is 4.41. The van der Waals surface area contributed by atoms with Gasteiger partial charge in [-0.1, -0.05) is 45.2 Å². The third-order valence-corrected chi connectivity index (χ3v) is 5.68. The highest BCUT2D eigenvalue weighted by molar-refractivity contribution is 14.1. The molecule has 18 heavy (non-hydrogen) atoms. The third-order valence-electron chi connectivity index (χ3n) is 3.56. The molecular weight excluding hydrogens is 460 g/mol. The topological polar surface area (TPSA) is 49.8 Å². The number of rotatable bonds is 4. The van der Waals surface area contributed by atoms with Crippen LogP contribution in [0.2, 0.25) is 0 Å². The number of alkyl halides is 2. The number of esters is 1. The standard InChI is InChI=1S/C12H21I2NO3/c1-11(2)5-9(12(3,4)15(11)17)18-10(16)8(6-13)7-14/h8-9,17H,5-7H2,1-4H3. The summed E-state index contributed by atoms with van der Waals surface area (Å²) in [5.74, 6) is -0.208. The Morgan fingerprint density at radius 3 is 2.22 bits per heavy atom. The third kappa shape index (κ3) is 3.29. The minimum atomic E-state index is -0.541. The molecule has 1 aliphatic heterocycles. The van der Waals surface area contributed by atoms with E-state index < -0.39 is 5.54 Å². The van der Waals surface area contributed by atoms with Crippen molar-refractivity contribution in [1.29, 1.82) is 0 Å². The summed E-state index contributed by atoms with van der Waals surface area (Å²) in [5.41, 5.74) is -0.904. The van der Waals surface area contributed by atoms with Gasteiger partial charge in [0.2, 0.25) is 0 Å². The van der Waals surface area contributed by atoms with E-state index in [2.05, 4.69) is 45.2 Å². The van der Waals surface area contributed by atoms with E-state index in [0.717, 1.165) is 8.86 Å². The normalized spacial score (nSPS) is 26.6. The van der Waals surface area contributed by atoms with Gasteiger partial charge in [-0.3, -0.25) is 4.79 Å². The van der Waals surface area contributed by atoms with Crippen LogP contribution in [0.4, 0.5) is 0 Å². The van der Waals surface area contributed by atoms with Gasteiger partial charge in [0, 0.05) is 20.8 Å². The summed E-state index contributed by atoms with van der Waals surface area (Å²) in [5, 5.41) is 11.5. The van der Waals surface area contributed by atoms with Crippen molar-refractivity contribution >= 4 is 51.2 Å². The molecule has 1 N–H and O–H groups in total. The maximum Gasteiger partial charge on any atom is 0.310 e. The lowest BCUT2D eigenvalue weighted by molar-refractivity contribution is -0.206. The fourth-order valence-corrected chi connectivity index (χ4v) is 4.83. The first-order valence-corrected chi connectivity index (χ1v) is 9.03. The van der Waals surface area contributed by atoms with E-state index in [1.807, 2.05) is 27.7 Å². The molecule has 1 saturated heterocycles. The molecule has 0 aromatic rings. The average Bonchev–Trinajstić information content (AvgIpc) is 2.41. The molecule has 0 bridgehead atoms. The van der Waals surface area contributed by atoms with E-state index in [1.54, 1.807) is 0 Å². The fraction of sp³-hybridized carbons (Fsp3) is 0.917. The van der Waals surface area contributed by atoms with Crippen LogP contribution >= 0.6 is 45.2 Å². The van der Waals surface area contributed by atoms with Gasteiger partial charge in [-0.05, 0) is 27.7 Å². The van der Waals surface area contributed by atoms with Gasteiger partial charge in [0.25, 0.3) is 0 Å². The van der Waals surface area contributed by atoms with Gasteiger partial charge in [0.15, 0.2) is 0 Å². The molecule has 1 heterocycles. The van der Waals surface area contributed by atoms with Crippen LogP contribution in [0, 0.1) is 5.92 Å². The zero-order valence-corrected chi connectivity index (χ0v) is 15.6. The zero-order valence-electron chi connectivity index (χ0n) is 11.2. The summed E-state index contributed by atoms with van der Waals surface area (Å²) in [6.45, 7) is 7.72. The van der Waals surface area contributed by atoms with Gasteiger partial charge in [-0.15, -0.1) is 0 Å². The van der Waals surface area contributed by atoms with Gasteiger partial charge in [0.05, 0.1) is 11.5 Å². The Morgan fingerprint density at radius 2 is 1.89 bits per heavy atom. The number of hydrogen-bond donors (Lipinski definition) is 1. The van der Waals surface area contributed by atoms with E-state index in [1.165, 1.54) is 5.06 Å². The maximum absolute atomic E-state index is 12.0. The number of ether oxygens (including phenoxy) is 1. The van der Waals surface area contributed by atoms with Crippen LogP contribution in [0.5, 0.6) is 0 Å². The van der Waals surface area contributed by atoms with E-state index in [4.69, 9.17) is 4.74 Å². The van der Waals surface area contributed by atoms with Gasteiger partial charge >= 0.3 is 5.97 Å². The minimum absolute atomic E-state index is 0.0575. The van der Waals surface area contributed by atoms with E-state index >= 15 is 0 Å². The van der Waals surface area contributed by atoms with Gasteiger partial charge in [0.1, 0.15) is 6.10 Å². The van der Waals surface area contributed by atoms with Crippen LogP contribution in [0.25, 0.3) is 0 Å². The minimum Gasteiger partial charge on any atom is -0.460 e. The lowest BCUT2D eigenvalue weighted by Gasteiger charge is -2.35. The van der Waals surface area contributed by atoms with E-state index in [9.17, 15) is 10.0 Å². The Kier molecular flexibility index (Phi) is 5.72. The highest BCUT2D eigenvalue weighted by Gasteiger charge is 2.53. The van der Waals surface area contributed by atoms with E-state index in [-0.39, 0.29) is 23.5 Å². The molecule has 1 aliphatic rings. The molecule has 1 rings (SSSR count). The molecule has 1 atom stereocenters. The fourth-order valence-electron chi connectivity index (χ4n) is 2.30. The predicted octanol–water partition coefficient (Wildman–Crippen LogP) is 3.04. The van der Waals surface area contributed by atoms with Crippen molar-refractivity contribution in [2.45, 2.75) is 51.3 Å². The van der Waals surface area contributed by atoms with Crippen molar-refractivity contribution in [1.82, 2.24) is 5.06 Å². The van der Waals surface area contributed by atoms with Crippen LogP contribution in [0.1, 0.15) is 34.1 Å². The van der Waals surface area contributed by atoms with Crippen molar-refractivity contribution < 1.29 is 14.7 Å². The Bertz CT molecular complexity index is 316. The molecule has 0 aromatic heterocycles. The number of hydroxylamine groups is 2. The lowest BCUT2D eigenvalue weighted by atomic mass is 9.97. The maximum atomic E-state index is 12.0. The SMILES string of the molecule is CC1(C)CC(OC(=O)C(CI)CI)C(C)(C)N1O. The Hall–Kier alpha value is 0.850. The van der Waals surface area contributed by atoms with Crippen molar-refractivity contribution in [2.75, 3.05) is 8.86 Å². The molecule has 106 valence electrons. The summed E-state index contributed by atoms with van der Waals surface area (Å²) in [6, 6.07) is 0. The zero-order chi connectivity index (χ0) is 14.1. The second kappa shape index (κ2) is 6.09. The highest BCUT2D eigenvalue weighted by atomic mass is 127. The van der Waals surface area contributed by atoms with Gasteiger partial charge in [-0.2, -0.15) is 5.06 Å². The van der Waals surface area contributed by atoms with Gasteiger partial charge in [-0.25, -0.2) is 0 Å². The summed E-state index contributed by atoms with van der Waals surface area (Å²) in [4.78, 5) is 12.0. The molecule has 0 aliphatic carbocycles. The Labute approximate surface area is 136 Å². The first-order chi connectivity index (χ1) is 8.16. The Balaban J connectivity index is 2.77. The largest absolute Gasteiger partial charge is 0.460 e. The van der Waals surface area contributed by atoms with E-state index in [0.29, 0.717) is 6.42 Å². The molecule has 0 saturated carbocycles. The molecular formula is C12H21I2NO3. The summed E-state index contributed by atoms with van der Waals surface area (Å²) < 4.78 is 7.15. The number of carbonyl (C=O) groups excluding carboxylic acids is 1. The molecule has 1 unspecified atom stereocenters. The number of carbonyl (C=O) groups is 1. The second-order valence-electron chi connectivity index (χ2n) is 5.91.